The second-order valence-corrected chi connectivity index (χ2v) is 2.76. The topological polar surface area (TPSA) is 66.0 Å². The summed E-state index contributed by atoms with van der Waals surface area (Å²) in [7, 11) is 0. The number of nitrogens with zero attached hydrogens (tertiary/aromatic N) is 2. The third-order valence-corrected chi connectivity index (χ3v) is 1.67. The van der Waals surface area contributed by atoms with Crippen LogP contribution in [0, 0.1) is 11.3 Å². The van der Waals surface area contributed by atoms with Crippen LogP contribution in [0.25, 0.3) is 0 Å². The fraction of sp³-hybridized carbons (Fsp3) is 0.300. The molecule has 0 unspecified atom stereocenters. The van der Waals surface area contributed by atoms with Crippen LogP contribution in [0.3, 0.4) is 0 Å². The Bertz CT molecular complexity index is 373. The van der Waals surface area contributed by atoms with Crippen molar-refractivity contribution >= 4 is 11.8 Å². The molecule has 1 aromatic heterocycles. The molecule has 6 heteroatoms. The highest BCUT2D eigenvalue weighted by atomic mass is 35.5. The van der Waals surface area contributed by atoms with Crippen molar-refractivity contribution in [1.29, 1.82) is 5.26 Å². The molecule has 1 rings (SSSR count). The molecule has 0 aliphatic carbocycles. The third kappa shape index (κ3) is 4.62. The Hall–Kier alpha value is -1.80. The largest absolute Gasteiger partial charge is 1.00 e. The number of amides is 1. The van der Waals surface area contributed by atoms with Crippen LogP contribution in [-0.2, 0) is 11.3 Å². The van der Waals surface area contributed by atoms with Crippen LogP contribution in [0.4, 0.5) is 10.5 Å². The Balaban J connectivity index is 0.00000225. The van der Waals surface area contributed by atoms with E-state index >= 15 is 0 Å². The van der Waals surface area contributed by atoms with E-state index in [0.717, 1.165) is 0 Å². The number of carbonyl (C=O) groups is 1. The molecule has 0 bridgehead atoms. The molecular formula is C10H12ClN3O2. The van der Waals surface area contributed by atoms with Crippen LogP contribution in [0.2, 0.25) is 0 Å². The Labute approximate surface area is 100 Å². The van der Waals surface area contributed by atoms with Gasteiger partial charge in [-0.2, -0.15) is 9.83 Å². The summed E-state index contributed by atoms with van der Waals surface area (Å²) in [5, 5.41) is 11.0. The molecule has 16 heavy (non-hydrogen) atoms. The molecule has 1 aromatic rings. The molecule has 0 saturated carbocycles. The van der Waals surface area contributed by atoms with Crippen molar-refractivity contribution in [3.8, 4) is 6.07 Å². The minimum absolute atomic E-state index is 0. The summed E-state index contributed by atoms with van der Waals surface area (Å²) in [6.07, 6.45) is 2.95. The van der Waals surface area contributed by atoms with E-state index in [4.69, 9.17) is 10.00 Å². The van der Waals surface area contributed by atoms with E-state index in [-0.39, 0.29) is 12.4 Å². The normalized spacial score (nSPS) is 8.50. The van der Waals surface area contributed by atoms with Crippen LogP contribution < -0.4 is 22.3 Å². The molecule has 86 valence electrons. The standard InChI is InChI=1S/C10H11N3O2.ClH/c1-2-15-10(14)12-9-3-6-13(7-4-9)8-5-11;/h3-4,6-7H,2,8H2,1H3;1H. The van der Waals surface area contributed by atoms with Gasteiger partial charge in [0.2, 0.25) is 6.54 Å². The van der Waals surface area contributed by atoms with Crippen molar-refractivity contribution in [3.05, 3.63) is 24.5 Å². The molecule has 1 amide bonds. The summed E-state index contributed by atoms with van der Waals surface area (Å²) < 4.78 is 6.42. The first kappa shape index (κ1) is 14.2. The summed E-state index contributed by atoms with van der Waals surface area (Å²) in [5.41, 5.74) is 0.641. The molecule has 1 N–H and O–H groups in total. The van der Waals surface area contributed by atoms with E-state index < -0.39 is 6.09 Å². The van der Waals surface area contributed by atoms with Crippen molar-refractivity contribution in [1.82, 2.24) is 0 Å². The number of halogens is 1. The number of anilines is 1. The average Bonchev–Trinajstić information content (AvgIpc) is 2.22. The van der Waals surface area contributed by atoms with Gasteiger partial charge in [-0.3, -0.25) is 5.32 Å². The predicted molar refractivity (Wildman–Crippen MR) is 52.9 cm³/mol. The highest BCUT2D eigenvalue weighted by Crippen LogP contribution is 2.02. The molecule has 0 aliphatic heterocycles. The summed E-state index contributed by atoms with van der Waals surface area (Å²) in [6.45, 7) is 2.37. The number of rotatable bonds is 3. The number of nitrogens with one attached hydrogen (secondary N) is 1. The molecule has 5 nitrogen and oxygen atoms in total. The fourth-order valence-electron chi connectivity index (χ4n) is 1.01. The molecule has 0 spiro atoms. The quantitative estimate of drug-likeness (QED) is 0.627. The molecule has 1 heterocycles. The molecule has 0 aliphatic rings. The summed E-state index contributed by atoms with van der Waals surface area (Å²) in [5.74, 6) is 0. The maximum Gasteiger partial charge on any atom is 0.411 e. The second-order valence-electron chi connectivity index (χ2n) is 2.76. The van der Waals surface area contributed by atoms with Gasteiger partial charge in [0.25, 0.3) is 0 Å². The molecule has 0 atom stereocenters. The van der Waals surface area contributed by atoms with Gasteiger partial charge in [0.05, 0.1) is 12.3 Å². The molecule has 0 fully saturated rings. The van der Waals surface area contributed by atoms with Crippen LogP contribution in [0.1, 0.15) is 6.92 Å². The number of hydrogen-bond acceptors (Lipinski definition) is 3. The summed E-state index contributed by atoms with van der Waals surface area (Å²) in [4.78, 5) is 11.0. The smallest absolute Gasteiger partial charge is 0.411 e. The molecule has 0 radical (unpaired) electrons. The number of ether oxygens (including phenoxy) is 1. The average molecular weight is 242 g/mol. The molecule has 0 saturated heterocycles. The van der Waals surface area contributed by atoms with Gasteiger partial charge in [0, 0.05) is 12.1 Å². The Morgan fingerprint density at radius 1 is 1.56 bits per heavy atom. The third-order valence-electron chi connectivity index (χ3n) is 1.67. The lowest BCUT2D eigenvalue weighted by molar-refractivity contribution is -0.685. The van der Waals surface area contributed by atoms with Gasteiger partial charge >= 0.3 is 6.09 Å². The number of aromatic nitrogens is 1. The Kier molecular flexibility index (Phi) is 6.64. The molecular weight excluding hydrogens is 230 g/mol. The van der Waals surface area contributed by atoms with Crippen LogP contribution >= 0.6 is 0 Å². The fourth-order valence-corrected chi connectivity index (χ4v) is 1.01. The summed E-state index contributed by atoms with van der Waals surface area (Å²) >= 11 is 0. The zero-order valence-corrected chi connectivity index (χ0v) is 9.57. The maximum atomic E-state index is 11.0. The van der Waals surface area contributed by atoms with Gasteiger partial charge in [0.1, 0.15) is 6.07 Å². The van der Waals surface area contributed by atoms with Crippen LogP contribution in [0.5, 0.6) is 0 Å². The van der Waals surface area contributed by atoms with E-state index in [0.29, 0.717) is 18.8 Å². The van der Waals surface area contributed by atoms with Crippen LogP contribution in [0.15, 0.2) is 24.5 Å². The number of pyridine rings is 1. The van der Waals surface area contributed by atoms with Crippen molar-refractivity contribution in [2.45, 2.75) is 13.5 Å². The first-order valence-electron chi connectivity index (χ1n) is 4.56. The van der Waals surface area contributed by atoms with Gasteiger partial charge in [-0.1, -0.05) is 0 Å². The van der Waals surface area contributed by atoms with Crippen molar-refractivity contribution in [2.75, 3.05) is 11.9 Å². The van der Waals surface area contributed by atoms with Crippen LogP contribution in [-0.4, -0.2) is 12.7 Å². The highest BCUT2D eigenvalue weighted by Gasteiger charge is 2.03. The van der Waals surface area contributed by atoms with E-state index in [9.17, 15) is 4.79 Å². The lowest BCUT2D eigenvalue weighted by Gasteiger charge is -2.03. The van der Waals surface area contributed by atoms with E-state index in [1.54, 1.807) is 36.0 Å². The van der Waals surface area contributed by atoms with E-state index in [2.05, 4.69) is 5.32 Å². The minimum atomic E-state index is -0.476. The zero-order valence-electron chi connectivity index (χ0n) is 8.81. The SMILES string of the molecule is CCOC(=O)Nc1cc[n+](CC#N)cc1.[Cl-]. The lowest BCUT2D eigenvalue weighted by atomic mass is 10.4. The van der Waals surface area contributed by atoms with Gasteiger partial charge in [-0.25, -0.2) is 4.79 Å². The number of nitriles is 1. The van der Waals surface area contributed by atoms with Crippen molar-refractivity contribution in [2.24, 2.45) is 0 Å². The highest BCUT2D eigenvalue weighted by molar-refractivity contribution is 5.84. The first-order valence-corrected chi connectivity index (χ1v) is 4.56. The van der Waals surface area contributed by atoms with Gasteiger partial charge < -0.3 is 17.1 Å². The zero-order chi connectivity index (χ0) is 11.1. The molecule has 0 aromatic carbocycles. The lowest BCUT2D eigenvalue weighted by Crippen LogP contribution is -3.00. The summed E-state index contributed by atoms with van der Waals surface area (Å²) in [6, 6.07) is 5.42. The predicted octanol–water partition coefficient (Wildman–Crippen LogP) is -1.93. The van der Waals surface area contributed by atoms with Crippen molar-refractivity contribution in [3.63, 3.8) is 0 Å². The monoisotopic (exact) mass is 241 g/mol. The van der Waals surface area contributed by atoms with Gasteiger partial charge in [-0.15, -0.1) is 0 Å². The minimum Gasteiger partial charge on any atom is -1.00 e. The number of carbonyl (C=O) groups excluding carboxylic acids is 1. The van der Waals surface area contributed by atoms with Crippen molar-refractivity contribution < 1.29 is 26.5 Å². The van der Waals surface area contributed by atoms with Gasteiger partial charge in [0.15, 0.2) is 12.4 Å². The van der Waals surface area contributed by atoms with E-state index in [1.807, 2.05) is 6.07 Å². The Morgan fingerprint density at radius 2 is 2.19 bits per heavy atom. The van der Waals surface area contributed by atoms with Gasteiger partial charge in [-0.05, 0) is 6.92 Å². The number of hydrogen-bond donors (Lipinski definition) is 1. The first-order chi connectivity index (χ1) is 7.26. The Morgan fingerprint density at radius 3 is 2.69 bits per heavy atom. The maximum absolute atomic E-state index is 11.0. The van der Waals surface area contributed by atoms with E-state index in [1.165, 1.54) is 0 Å². The second kappa shape index (κ2) is 7.49.